The third-order valence-electron chi connectivity index (χ3n) is 2.28. The first-order valence-electron chi connectivity index (χ1n) is 5.52. The van der Waals surface area contributed by atoms with Crippen molar-refractivity contribution < 1.29 is 4.74 Å². The Balaban J connectivity index is 2.23. The van der Waals surface area contributed by atoms with Crippen molar-refractivity contribution in [1.82, 2.24) is 15.0 Å². The average molecular weight is 220 g/mol. The summed E-state index contributed by atoms with van der Waals surface area (Å²) in [4.78, 5) is 11.9. The molecule has 5 nitrogen and oxygen atoms in total. The lowest BCUT2D eigenvalue weighted by Crippen LogP contribution is -2.01. The van der Waals surface area contributed by atoms with Crippen LogP contribution in [-0.4, -0.2) is 28.1 Å². The summed E-state index contributed by atoms with van der Waals surface area (Å²) in [6.45, 7) is 3.22. The Kier molecular flexibility index (Phi) is 3.36. The molecule has 86 valence electrons. The Hall–Kier alpha value is -1.62. The number of hydrogen-bond donors (Lipinski definition) is 2. The molecule has 0 aliphatic rings. The number of ether oxygens (including phenoxy) is 1. The number of aryl methyl sites for hydroxylation is 1. The minimum absolute atomic E-state index is 0.614. The van der Waals surface area contributed by atoms with Crippen molar-refractivity contribution in [2.45, 2.75) is 19.8 Å². The van der Waals surface area contributed by atoms with E-state index in [0.717, 1.165) is 24.2 Å². The average Bonchev–Trinajstić information content (AvgIpc) is 2.68. The van der Waals surface area contributed by atoms with E-state index in [4.69, 9.17) is 10.5 Å². The summed E-state index contributed by atoms with van der Waals surface area (Å²) in [7, 11) is 0. The van der Waals surface area contributed by atoms with Crippen LogP contribution >= 0.6 is 0 Å². The lowest BCUT2D eigenvalue weighted by molar-refractivity contribution is 0.328. The lowest BCUT2D eigenvalue weighted by atomic mass is 10.3. The van der Waals surface area contributed by atoms with Crippen LogP contribution in [-0.2, 0) is 6.42 Å². The number of imidazole rings is 1. The Labute approximate surface area is 94.0 Å². The number of aromatic nitrogens is 3. The molecule has 2 aromatic rings. The second-order valence-electron chi connectivity index (χ2n) is 3.53. The van der Waals surface area contributed by atoms with Crippen LogP contribution in [0.25, 0.3) is 11.2 Å². The van der Waals surface area contributed by atoms with Gasteiger partial charge in [-0.25, -0.2) is 4.98 Å². The third kappa shape index (κ3) is 2.30. The van der Waals surface area contributed by atoms with Crippen LogP contribution in [0.5, 0.6) is 5.88 Å². The van der Waals surface area contributed by atoms with E-state index in [1.165, 1.54) is 0 Å². The molecule has 0 saturated carbocycles. The molecule has 0 spiro atoms. The van der Waals surface area contributed by atoms with Crippen molar-refractivity contribution in [3.63, 3.8) is 0 Å². The van der Waals surface area contributed by atoms with Gasteiger partial charge in [0.25, 0.3) is 0 Å². The molecule has 2 rings (SSSR count). The largest absolute Gasteiger partial charge is 0.478 e. The first-order valence-corrected chi connectivity index (χ1v) is 5.52. The number of pyridine rings is 1. The Morgan fingerprint density at radius 1 is 1.38 bits per heavy atom. The van der Waals surface area contributed by atoms with E-state index in [1.54, 1.807) is 0 Å². The SMILES string of the molecule is CCOc1ccc2[nH]c(CCCN)nc2n1. The minimum Gasteiger partial charge on any atom is -0.478 e. The quantitative estimate of drug-likeness (QED) is 0.795. The normalized spacial score (nSPS) is 10.9. The molecule has 5 heteroatoms. The Morgan fingerprint density at radius 2 is 2.25 bits per heavy atom. The molecule has 0 bridgehead atoms. The van der Waals surface area contributed by atoms with Crippen LogP contribution in [0.2, 0.25) is 0 Å². The van der Waals surface area contributed by atoms with Gasteiger partial charge in [-0.15, -0.1) is 0 Å². The number of nitrogens with zero attached hydrogens (tertiary/aromatic N) is 2. The Bertz CT molecular complexity index is 466. The molecular formula is C11H16N4O. The molecule has 2 heterocycles. The number of H-pyrrole nitrogens is 1. The van der Waals surface area contributed by atoms with Crippen molar-refractivity contribution in [1.29, 1.82) is 0 Å². The second kappa shape index (κ2) is 4.94. The van der Waals surface area contributed by atoms with Gasteiger partial charge in [0.15, 0.2) is 5.65 Å². The fraction of sp³-hybridized carbons (Fsp3) is 0.455. The summed E-state index contributed by atoms with van der Waals surface area (Å²) in [6, 6.07) is 3.78. The highest BCUT2D eigenvalue weighted by Crippen LogP contribution is 2.14. The minimum atomic E-state index is 0.614. The summed E-state index contributed by atoms with van der Waals surface area (Å²) in [5, 5.41) is 0. The van der Waals surface area contributed by atoms with Crippen molar-refractivity contribution >= 4 is 11.2 Å². The smallest absolute Gasteiger partial charge is 0.215 e. The molecule has 0 aromatic carbocycles. The maximum atomic E-state index is 5.46. The predicted octanol–water partition coefficient (Wildman–Crippen LogP) is 1.25. The zero-order valence-electron chi connectivity index (χ0n) is 9.36. The van der Waals surface area contributed by atoms with Gasteiger partial charge in [-0.05, 0) is 26.0 Å². The predicted molar refractivity (Wildman–Crippen MR) is 62.4 cm³/mol. The lowest BCUT2D eigenvalue weighted by Gasteiger charge is -1.99. The van der Waals surface area contributed by atoms with E-state index in [2.05, 4.69) is 15.0 Å². The maximum Gasteiger partial charge on any atom is 0.215 e. The van der Waals surface area contributed by atoms with E-state index in [-0.39, 0.29) is 0 Å². The molecule has 0 aliphatic carbocycles. The third-order valence-corrected chi connectivity index (χ3v) is 2.28. The number of nitrogens with two attached hydrogens (primary N) is 1. The fourth-order valence-corrected chi connectivity index (χ4v) is 1.54. The highest BCUT2D eigenvalue weighted by molar-refractivity contribution is 5.71. The van der Waals surface area contributed by atoms with E-state index in [9.17, 15) is 0 Å². The molecule has 0 aliphatic heterocycles. The number of nitrogens with one attached hydrogen (secondary N) is 1. The summed E-state index contributed by atoms with van der Waals surface area (Å²) < 4.78 is 5.32. The maximum absolute atomic E-state index is 5.46. The van der Waals surface area contributed by atoms with Crippen LogP contribution < -0.4 is 10.5 Å². The highest BCUT2D eigenvalue weighted by Gasteiger charge is 2.04. The highest BCUT2D eigenvalue weighted by atomic mass is 16.5. The van der Waals surface area contributed by atoms with Crippen LogP contribution in [0.3, 0.4) is 0 Å². The van der Waals surface area contributed by atoms with Gasteiger partial charge in [-0.1, -0.05) is 0 Å². The first kappa shape index (κ1) is 10.9. The topological polar surface area (TPSA) is 76.8 Å². The first-order chi connectivity index (χ1) is 7.83. The molecule has 3 N–H and O–H groups in total. The van der Waals surface area contributed by atoms with Gasteiger partial charge in [0, 0.05) is 12.5 Å². The number of aromatic amines is 1. The monoisotopic (exact) mass is 220 g/mol. The van der Waals surface area contributed by atoms with E-state index in [0.29, 0.717) is 24.7 Å². The van der Waals surface area contributed by atoms with Gasteiger partial charge in [-0.2, -0.15) is 4.98 Å². The molecule has 2 aromatic heterocycles. The van der Waals surface area contributed by atoms with Crippen LogP contribution in [0, 0.1) is 0 Å². The summed E-state index contributed by atoms with van der Waals surface area (Å²) in [6.07, 6.45) is 1.79. The van der Waals surface area contributed by atoms with E-state index in [1.807, 2.05) is 19.1 Å². The van der Waals surface area contributed by atoms with Gasteiger partial charge < -0.3 is 15.5 Å². The van der Waals surface area contributed by atoms with Crippen molar-refractivity contribution in [3.8, 4) is 5.88 Å². The van der Waals surface area contributed by atoms with Gasteiger partial charge >= 0.3 is 0 Å². The van der Waals surface area contributed by atoms with Gasteiger partial charge in [-0.3, -0.25) is 0 Å². The van der Waals surface area contributed by atoms with Gasteiger partial charge in [0.1, 0.15) is 5.82 Å². The molecule has 0 radical (unpaired) electrons. The molecule has 0 unspecified atom stereocenters. The zero-order valence-corrected chi connectivity index (χ0v) is 9.36. The number of fused-ring (bicyclic) bond motifs is 1. The Morgan fingerprint density at radius 3 is 3.00 bits per heavy atom. The standard InChI is InChI=1S/C11H16N4O/c1-2-16-10-6-5-8-11(15-10)14-9(13-8)4-3-7-12/h5-6H,2-4,7,12H2,1H3,(H,13,14,15). The summed E-state index contributed by atoms with van der Waals surface area (Å²) in [5.74, 6) is 1.55. The number of rotatable bonds is 5. The molecule has 16 heavy (non-hydrogen) atoms. The van der Waals surface area contributed by atoms with Crippen molar-refractivity contribution in [2.75, 3.05) is 13.2 Å². The summed E-state index contributed by atoms with van der Waals surface area (Å²) in [5.41, 5.74) is 7.10. The number of hydrogen-bond acceptors (Lipinski definition) is 4. The van der Waals surface area contributed by atoms with Crippen molar-refractivity contribution in [2.24, 2.45) is 5.73 Å². The van der Waals surface area contributed by atoms with Crippen LogP contribution in [0.15, 0.2) is 12.1 Å². The molecule has 0 atom stereocenters. The second-order valence-corrected chi connectivity index (χ2v) is 3.53. The molecule has 0 amide bonds. The van der Waals surface area contributed by atoms with Gasteiger partial charge in [0.05, 0.1) is 12.1 Å². The van der Waals surface area contributed by atoms with Crippen LogP contribution in [0.1, 0.15) is 19.2 Å². The molecular weight excluding hydrogens is 204 g/mol. The fourth-order valence-electron chi connectivity index (χ4n) is 1.54. The molecule has 0 saturated heterocycles. The van der Waals surface area contributed by atoms with E-state index < -0.39 is 0 Å². The molecule has 0 fully saturated rings. The van der Waals surface area contributed by atoms with E-state index >= 15 is 0 Å². The summed E-state index contributed by atoms with van der Waals surface area (Å²) >= 11 is 0. The van der Waals surface area contributed by atoms with Crippen LogP contribution in [0.4, 0.5) is 0 Å². The van der Waals surface area contributed by atoms with Gasteiger partial charge in [0.2, 0.25) is 5.88 Å². The van der Waals surface area contributed by atoms with Crippen molar-refractivity contribution in [3.05, 3.63) is 18.0 Å². The zero-order chi connectivity index (χ0) is 11.4.